The summed E-state index contributed by atoms with van der Waals surface area (Å²) in [5, 5.41) is 7.88. The molecule has 0 unspecified atom stereocenters. The van der Waals surface area contributed by atoms with Gasteiger partial charge in [-0.1, -0.05) is 42.0 Å². The number of benzene rings is 4. The number of hydrogen-bond donors (Lipinski definition) is 1. The Hall–Kier alpha value is -5.37. The van der Waals surface area contributed by atoms with Gasteiger partial charge in [-0.05, 0) is 79.6 Å². The van der Waals surface area contributed by atoms with Gasteiger partial charge in [0.25, 0.3) is 5.91 Å². The van der Waals surface area contributed by atoms with E-state index in [1.807, 2.05) is 92.7 Å². The standard InChI is InChI=1S/C33H27N3O5/c1-20-7-9-24(10-8-20)32(38)34-26-14-11-23(12-15-26)30-31(25-13-16-28-29(18-25)40-19-39-28)35-36(33(30)41-22(3)37)27-6-4-5-21(2)17-27/h4-18H,19H2,1-3H3,(H,34,38). The zero-order chi connectivity index (χ0) is 28.5. The number of carbonyl (C=O) groups excluding carboxylic acids is 2. The third-order valence-corrected chi connectivity index (χ3v) is 6.72. The van der Waals surface area contributed by atoms with Gasteiger partial charge in [-0.3, -0.25) is 9.59 Å². The highest BCUT2D eigenvalue weighted by molar-refractivity contribution is 6.04. The van der Waals surface area contributed by atoms with Crippen LogP contribution in [-0.2, 0) is 4.79 Å². The first-order chi connectivity index (χ1) is 19.9. The second-order valence-electron chi connectivity index (χ2n) is 9.84. The van der Waals surface area contributed by atoms with E-state index >= 15 is 0 Å². The zero-order valence-corrected chi connectivity index (χ0v) is 22.8. The molecule has 1 N–H and O–H groups in total. The number of esters is 1. The number of aryl methyl sites for hydroxylation is 2. The Labute approximate surface area is 237 Å². The molecule has 4 aromatic carbocycles. The van der Waals surface area contributed by atoms with E-state index in [1.54, 1.807) is 16.8 Å². The molecule has 0 saturated heterocycles. The molecule has 0 aliphatic carbocycles. The van der Waals surface area contributed by atoms with E-state index in [2.05, 4.69) is 5.32 Å². The second kappa shape index (κ2) is 10.7. The summed E-state index contributed by atoms with van der Waals surface area (Å²) >= 11 is 0. The van der Waals surface area contributed by atoms with Crippen LogP contribution in [0.1, 0.15) is 28.4 Å². The second-order valence-corrected chi connectivity index (χ2v) is 9.84. The number of anilines is 1. The molecular formula is C33H27N3O5. The fourth-order valence-corrected chi connectivity index (χ4v) is 4.70. The van der Waals surface area contributed by atoms with Crippen LogP contribution in [0.25, 0.3) is 28.1 Å². The summed E-state index contributed by atoms with van der Waals surface area (Å²) < 4.78 is 18.6. The Morgan fingerprint density at radius 3 is 2.29 bits per heavy atom. The van der Waals surface area contributed by atoms with Gasteiger partial charge in [0.2, 0.25) is 12.7 Å². The monoisotopic (exact) mass is 545 g/mol. The number of nitrogens with one attached hydrogen (secondary N) is 1. The van der Waals surface area contributed by atoms with Gasteiger partial charge in [-0.15, -0.1) is 0 Å². The van der Waals surface area contributed by atoms with Crippen molar-refractivity contribution in [1.82, 2.24) is 9.78 Å². The van der Waals surface area contributed by atoms with E-state index in [0.29, 0.717) is 34.0 Å². The van der Waals surface area contributed by atoms with Crippen molar-refractivity contribution in [2.75, 3.05) is 12.1 Å². The summed E-state index contributed by atoms with van der Waals surface area (Å²) in [6, 6.07) is 28.1. The Bertz CT molecular complexity index is 1770. The summed E-state index contributed by atoms with van der Waals surface area (Å²) in [5.74, 6) is 0.877. The minimum absolute atomic E-state index is 0.151. The van der Waals surface area contributed by atoms with Crippen molar-refractivity contribution in [3.05, 3.63) is 108 Å². The van der Waals surface area contributed by atoms with E-state index in [1.165, 1.54) is 6.92 Å². The van der Waals surface area contributed by atoms with Crippen molar-refractivity contribution >= 4 is 17.6 Å². The van der Waals surface area contributed by atoms with Gasteiger partial charge in [0, 0.05) is 23.7 Å². The average molecular weight is 546 g/mol. The molecule has 8 heteroatoms. The van der Waals surface area contributed by atoms with Gasteiger partial charge in [-0.2, -0.15) is 9.78 Å². The predicted molar refractivity (Wildman–Crippen MR) is 156 cm³/mol. The van der Waals surface area contributed by atoms with Crippen LogP contribution in [0.4, 0.5) is 5.69 Å². The summed E-state index contributed by atoms with van der Waals surface area (Å²) in [5.41, 5.74) is 6.80. The lowest BCUT2D eigenvalue weighted by atomic mass is 10.0. The average Bonchev–Trinajstić information content (AvgIpc) is 3.58. The number of fused-ring (bicyclic) bond motifs is 1. The zero-order valence-electron chi connectivity index (χ0n) is 22.8. The first kappa shape index (κ1) is 25.9. The van der Waals surface area contributed by atoms with Gasteiger partial charge >= 0.3 is 5.97 Å². The molecule has 0 atom stereocenters. The molecule has 8 nitrogen and oxygen atoms in total. The molecular weight excluding hydrogens is 518 g/mol. The molecule has 1 amide bonds. The number of ether oxygens (including phenoxy) is 3. The molecule has 1 aliphatic heterocycles. The number of aromatic nitrogens is 2. The number of carbonyl (C=O) groups is 2. The summed E-state index contributed by atoms with van der Waals surface area (Å²) in [6.45, 7) is 5.48. The van der Waals surface area contributed by atoms with Crippen LogP contribution in [0.3, 0.4) is 0 Å². The fourth-order valence-electron chi connectivity index (χ4n) is 4.70. The largest absolute Gasteiger partial charge is 0.454 e. The highest BCUT2D eigenvalue weighted by atomic mass is 16.7. The minimum atomic E-state index is -0.473. The first-order valence-corrected chi connectivity index (χ1v) is 13.1. The van der Waals surface area contributed by atoms with Gasteiger partial charge < -0.3 is 19.5 Å². The van der Waals surface area contributed by atoms with Crippen molar-refractivity contribution < 1.29 is 23.8 Å². The number of rotatable bonds is 6. The van der Waals surface area contributed by atoms with Crippen molar-refractivity contribution in [2.24, 2.45) is 0 Å². The third kappa shape index (κ3) is 5.27. The molecule has 1 aliphatic rings. The van der Waals surface area contributed by atoms with Crippen LogP contribution in [0.5, 0.6) is 17.4 Å². The maximum absolute atomic E-state index is 12.8. The maximum Gasteiger partial charge on any atom is 0.309 e. The molecule has 6 rings (SSSR count). The van der Waals surface area contributed by atoms with Crippen LogP contribution in [-0.4, -0.2) is 28.4 Å². The van der Waals surface area contributed by atoms with Crippen LogP contribution < -0.4 is 19.5 Å². The van der Waals surface area contributed by atoms with E-state index in [0.717, 1.165) is 27.9 Å². The molecule has 41 heavy (non-hydrogen) atoms. The maximum atomic E-state index is 12.8. The van der Waals surface area contributed by atoms with Crippen molar-refractivity contribution in [1.29, 1.82) is 0 Å². The lowest BCUT2D eigenvalue weighted by molar-refractivity contribution is -0.132. The minimum Gasteiger partial charge on any atom is -0.454 e. The molecule has 5 aromatic rings. The van der Waals surface area contributed by atoms with Gasteiger partial charge in [0.1, 0.15) is 5.69 Å². The normalized spacial score (nSPS) is 11.8. The number of nitrogens with zero attached hydrogens (tertiary/aromatic N) is 2. The van der Waals surface area contributed by atoms with Crippen LogP contribution >= 0.6 is 0 Å². The Morgan fingerprint density at radius 1 is 0.829 bits per heavy atom. The Morgan fingerprint density at radius 2 is 1.56 bits per heavy atom. The highest BCUT2D eigenvalue weighted by Gasteiger charge is 2.26. The van der Waals surface area contributed by atoms with Crippen LogP contribution in [0.15, 0.2) is 91.0 Å². The molecule has 0 spiro atoms. The Kier molecular flexibility index (Phi) is 6.73. The molecule has 204 valence electrons. The topological polar surface area (TPSA) is 91.7 Å². The van der Waals surface area contributed by atoms with E-state index in [-0.39, 0.29) is 18.6 Å². The molecule has 0 fully saturated rings. The SMILES string of the molecule is CC(=O)Oc1c(-c2ccc(NC(=O)c3ccc(C)cc3)cc2)c(-c2ccc3c(c2)OCO3)nn1-c1cccc(C)c1. The third-order valence-electron chi connectivity index (χ3n) is 6.72. The molecule has 0 radical (unpaired) electrons. The van der Waals surface area contributed by atoms with E-state index < -0.39 is 5.97 Å². The van der Waals surface area contributed by atoms with Gasteiger partial charge in [-0.25, -0.2) is 0 Å². The predicted octanol–water partition coefficient (Wildman–Crippen LogP) is 6.73. The van der Waals surface area contributed by atoms with Crippen LogP contribution in [0, 0.1) is 13.8 Å². The van der Waals surface area contributed by atoms with Crippen LogP contribution in [0.2, 0.25) is 0 Å². The van der Waals surface area contributed by atoms with Crippen molar-refractivity contribution in [2.45, 2.75) is 20.8 Å². The Balaban J connectivity index is 1.45. The molecule has 2 heterocycles. The summed E-state index contributed by atoms with van der Waals surface area (Å²) in [7, 11) is 0. The molecule has 0 bridgehead atoms. The first-order valence-electron chi connectivity index (χ1n) is 13.1. The number of amides is 1. The smallest absolute Gasteiger partial charge is 0.309 e. The van der Waals surface area contributed by atoms with E-state index in [9.17, 15) is 9.59 Å². The van der Waals surface area contributed by atoms with E-state index in [4.69, 9.17) is 19.3 Å². The van der Waals surface area contributed by atoms with Gasteiger partial charge in [0.15, 0.2) is 11.5 Å². The highest BCUT2D eigenvalue weighted by Crippen LogP contribution is 2.44. The summed E-state index contributed by atoms with van der Waals surface area (Å²) in [4.78, 5) is 25.1. The van der Waals surface area contributed by atoms with Crippen molar-refractivity contribution in [3.8, 4) is 45.5 Å². The summed E-state index contributed by atoms with van der Waals surface area (Å²) in [6.07, 6.45) is 0. The van der Waals surface area contributed by atoms with Crippen molar-refractivity contribution in [3.63, 3.8) is 0 Å². The lowest BCUT2D eigenvalue weighted by Crippen LogP contribution is -2.11. The quantitative estimate of drug-likeness (QED) is 0.238. The molecule has 1 aromatic heterocycles. The lowest BCUT2D eigenvalue weighted by Gasteiger charge is -2.11. The number of hydrogen-bond acceptors (Lipinski definition) is 6. The molecule has 0 saturated carbocycles. The van der Waals surface area contributed by atoms with Gasteiger partial charge in [0.05, 0.1) is 11.3 Å². The fraction of sp³-hybridized carbons (Fsp3) is 0.121.